The van der Waals surface area contributed by atoms with Crippen molar-refractivity contribution in [1.82, 2.24) is 10.3 Å². The number of benzene rings is 1. The van der Waals surface area contributed by atoms with E-state index < -0.39 is 0 Å². The quantitative estimate of drug-likeness (QED) is 0.664. The first-order valence-electron chi connectivity index (χ1n) is 9.75. The molecule has 0 atom stereocenters. The molecule has 27 heavy (non-hydrogen) atoms. The average molecular weight is 373 g/mol. The fourth-order valence-electron chi connectivity index (χ4n) is 2.72. The molecule has 148 valence electrons. The Morgan fingerprint density at radius 3 is 2.48 bits per heavy atom. The van der Waals surface area contributed by atoms with Gasteiger partial charge in [0.15, 0.2) is 5.89 Å². The van der Waals surface area contributed by atoms with Crippen LogP contribution in [0.4, 0.5) is 0 Å². The molecule has 0 fully saturated rings. The maximum absolute atomic E-state index is 12.0. The van der Waals surface area contributed by atoms with Crippen molar-refractivity contribution in [2.45, 2.75) is 65.7 Å². The number of nitrogens with one attached hydrogen (secondary N) is 1. The minimum absolute atomic E-state index is 0.0774. The molecule has 2 aromatic rings. The number of rotatable bonds is 9. The predicted molar refractivity (Wildman–Crippen MR) is 107 cm³/mol. The zero-order valence-electron chi connectivity index (χ0n) is 17.2. The number of hydrogen-bond donors (Lipinski definition) is 1. The molecule has 0 unspecified atom stereocenters. The molecule has 1 heterocycles. The van der Waals surface area contributed by atoms with Gasteiger partial charge in [-0.05, 0) is 44.4 Å². The van der Waals surface area contributed by atoms with Gasteiger partial charge in [0.2, 0.25) is 5.91 Å². The van der Waals surface area contributed by atoms with E-state index in [1.807, 2.05) is 38.1 Å². The molecule has 1 amide bonds. The Kier molecular flexibility index (Phi) is 7.45. The van der Waals surface area contributed by atoms with Gasteiger partial charge in [0, 0.05) is 24.8 Å². The highest BCUT2D eigenvalue weighted by Crippen LogP contribution is 2.24. The van der Waals surface area contributed by atoms with Gasteiger partial charge >= 0.3 is 0 Å². The lowest BCUT2D eigenvalue weighted by molar-refractivity contribution is -0.121. The predicted octanol–water partition coefficient (Wildman–Crippen LogP) is 4.36. The van der Waals surface area contributed by atoms with Crippen molar-refractivity contribution in [1.29, 1.82) is 0 Å². The van der Waals surface area contributed by atoms with Gasteiger partial charge in [0.05, 0.1) is 12.3 Å². The second-order valence-corrected chi connectivity index (χ2v) is 7.81. The number of aromatic nitrogens is 1. The first-order chi connectivity index (χ1) is 12.8. The second-order valence-electron chi connectivity index (χ2n) is 7.81. The van der Waals surface area contributed by atoms with Crippen molar-refractivity contribution in [3.05, 3.63) is 47.2 Å². The van der Waals surface area contributed by atoms with E-state index in [-0.39, 0.29) is 11.3 Å². The number of carbonyl (C=O) groups excluding carboxylic acids is 1. The van der Waals surface area contributed by atoms with Crippen LogP contribution in [0.15, 0.2) is 28.7 Å². The third kappa shape index (κ3) is 6.74. The Morgan fingerprint density at radius 1 is 1.19 bits per heavy atom. The van der Waals surface area contributed by atoms with Gasteiger partial charge in [-0.2, -0.15) is 0 Å². The van der Waals surface area contributed by atoms with E-state index >= 15 is 0 Å². The summed E-state index contributed by atoms with van der Waals surface area (Å²) in [4.78, 5) is 16.5. The average Bonchev–Trinajstić information content (AvgIpc) is 3.00. The summed E-state index contributed by atoms with van der Waals surface area (Å²) in [6.45, 7) is 11.5. The van der Waals surface area contributed by atoms with Crippen molar-refractivity contribution in [2.24, 2.45) is 0 Å². The molecule has 0 aliphatic heterocycles. The normalized spacial score (nSPS) is 11.4. The van der Waals surface area contributed by atoms with Crippen LogP contribution in [0.3, 0.4) is 0 Å². The molecule has 2 rings (SSSR count). The maximum atomic E-state index is 12.0. The highest BCUT2D eigenvalue weighted by molar-refractivity contribution is 5.76. The zero-order chi connectivity index (χ0) is 19.9. The molecular weight excluding hydrogens is 340 g/mol. The summed E-state index contributed by atoms with van der Waals surface area (Å²) in [7, 11) is 0. The van der Waals surface area contributed by atoms with Crippen LogP contribution in [0.5, 0.6) is 5.75 Å². The molecule has 1 N–H and O–H groups in total. The van der Waals surface area contributed by atoms with Crippen LogP contribution in [-0.4, -0.2) is 24.0 Å². The van der Waals surface area contributed by atoms with Crippen molar-refractivity contribution in [2.75, 3.05) is 13.2 Å². The van der Waals surface area contributed by atoms with Crippen LogP contribution in [-0.2, 0) is 23.1 Å². The van der Waals surface area contributed by atoms with Crippen LogP contribution < -0.4 is 10.1 Å². The van der Waals surface area contributed by atoms with Crippen LogP contribution in [0.1, 0.15) is 63.4 Å². The molecule has 0 spiro atoms. The van der Waals surface area contributed by atoms with Crippen LogP contribution in [0.25, 0.3) is 0 Å². The maximum Gasteiger partial charge on any atom is 0.220 e. The van der Waals surface area contributed by atoms with E-state index in [0.29, 0.717) is 19.6 Å². The smallest absolute Gasteiger partial charge is 0.220 e. The van der Waals surface area contributed by atoms with E-state index in [1.54, 1.807) is 0 Å². The summed E-state index contributed by atoms with van der Waals surface area (Å²) < 4.78 is 11.3. The molecular formula is C22H32N2O3. The summed E-state index contributed by atoms with van der Waals surface area (Å²) in [5, 5.41) is 2.99. The van der Waals surface area contributed by atoms with E-state index in [4.69, 9.17) is 9.15 Å². The van der Waals surface area contributed by atoms with Gasteiger partial charge < -0.3 is 14.5 Å². The molecule has 0 saturated heterocycles. The number of carbonyl (C=O) groups is 1. The molecule has 0 radical (unpaired) electrons. The van der Waals surface area contributed by atoms with E-state index in [2.05, 4.69) is 31.1 Å². The number of aryl methyl sites for hydroxylation is 3. The lowest BCUT2D eigenvalue weighted by Crippen LogP contribution is -2.25. The summed E-state index contributed by atoms with van der Waals surface area (Å²) in [6, 6.07) is 7.92. The van der Waals surface area contributed by atoms with E-state index in [1.165, 1.54) is 0 Å². The highest BCUT2D eigenvalue weighted by atomic mass is 16.5. The lowest BCUT2D eigenvalue weighted by Gasteiger charge is -2.12. The van der Waals surface area contributed by atoms with Gasteiger partial charge in [-0.15, -0.1) is 0 Å². The van der Waals surface area contributed by atoms with Crippen LogP contribution in [0.2, 0.25) is 0 Å². The van der Waals surface area contributed by atoms with E-state index in [0.717, 1.165) is 47.9 Å². The standard InChI is InChI=1S/C22H32N2O3/c1-6-26-18-12-9-17(10-13-18)11-14-20(25)23-15-7-8-19-16(2)24-21(27-19)22(3,4)5/h9-10,12-13H,6-8,11,14-15H2,1-5H3,(H,23,25). The summed E-state index contributed by atoms with van der Waals surface area (Å²) in [5.41, 5.74) is 2.00. The molecule has 0 aliphatic carbocycles. The number of ether oxygens (including phenoxy) is 1. The van der Waals surface area contributed by atoms with Gasteiger partial charge in [-0.25, -0.2) is 4.98 Å². The Morgan fingerprint density at radius 2 is 1.89 bits per heavy atom. The SMILES string of the molecule is CCOc1ccc(CCC(=O)NCCCc2oc(C(C)(C)C)nc2C)cc1. The number of amides is 1. The monoisotopic (exact) mass is 372 g/mol. The van der Waals surface area contributed by atoms with Gasteiger partial charge in [0.25, 0.3) is 0 Å². The third-order valence-electron chi connectivity index (χ3n) is 4.31. The van der Waals surface area contributed by atoms with Crippen molar-refractivity contribution in [3.63, 3.8) is 0 Å². The van der Waals surface area contributed by atoms with Gasteiger partial charge in [-0.1, -0.05) is 32.9 Å². The number of hydrogen-bond acceptors (Lipinski definition) is 4. The van der Waals surface area contributed by atoms with Crippen molar-refractivity contribution in [3.8, 4) is 5.75 Å². The summed E-state index contributed by atoms with van der Waals surface area (Å²) in [6.07, 6.45) is 2.85. The minimum atomic E-state index is -0.0852. The lowest BCUT2D eigenvalue weighted by atomic mass is 9.97. The summed E-state index contributed by atoms with van der Waals surface area (Å²) in [5.74, 6) is 2.63. The minimum Gasteiger partial charge on any atom is -0.494 e. The first kappa shape index (κ1) is 21.0. The number of oxazole rings is 1. The van der Waals surface area contributed by atoms with Crippen molar-refractivity contribution >= 4 is 5.91 Å². The number of nitrogens with zero attached hydrogens (tertiary/aromatic N) is 1. The Hall–Kier alpha value is -2.30. The van der Waals surface area contributed by atoms with E-state index in [9.17, 15) is 4.79 Å². The zero-order valence-corrected chi connectivity index (χ0v) is 17.2. The molecule has 5 heteroatoms. The summed E-state index contributed by atoms with van der Waals surface area (Å²) >= 11 is 0. The Labute approximate surface area is 162 Å². The van der Waals surface area contributed by atoms with Crippen LogP contribution in [0, 0.1) is 6.92 Å². The first-order valence-corrected chi connectivity index (χ1v) is 9.75. The molecule has 1 aromatic heterocycles. The highest BCUT2D eigenvalue weighted by Gasteiger charge is 2.22. The van der Waals surface area contributed by atoms with Gasteiger partial charge in [-0.3, -0.25) is 4.79 Å². The molecule has 5 nitrogen and oxygen atoms in total. The topological polar surface area (TPSA) is 64.4 Å². The third-order valence-corrected chi connectivity index (χ3v) is 4.31. The molecule has 1 aromatic carbocycles. The fraction of sp³-hybridized carbons (Fsp3) is 0.545. The second kappa shape index (κ2) is 9.58. The Bertz CT molecular complexity index is 727. The molecule has 0 saturated carbocycles. The fourth-order valence-corrected chi connectivity index (χ4v) is 2.72. The van der Waals surface area contributed by atoms with Gasteiger partial charge in [0.1, 0.15) is 11.5 Å². The largest absolute Gasteiger partial charge is 0.494 e. The molecule has 0 aliphatic rings. The van der Waals surface area contributed by atoms with Crippen molar-refractivity contribution < 1.29 is 13.9 Å². The molecule has 0 bridgehead atoms. The van der Waals surface area contributed by atoms with Crippen LogP contribution >= 0.6 is 0 Å². The Balaban J connectivity index is 1.68.